The fraction of sp³-hybridized carbons (Fsp3) is 0.409. The number of hydrogen-bond donors (Lipinski definition) is 2. The Morgan fingerprint density at radius 3 is 2.55 bits per heavy atom. The molecule has 2 atom stereocenters. The molecular weight excluding hydrogens is 424 g/mol. The topological polar surface area (TPSA) is 70.9 Å². The molecule has 0 fully saturated rings. The zero-order chi connectivity index (χ0) is 22.9. The molecule has 2 unspecified atom stereocenters. The molecule has 0 aliphatic rings. The number of pyridine rings is 1. The number of benzene rings is 1. The van der Waals surface area contributed by atoms with Crippen molar-refractivity contribution < 1.29 is 18.3 Å². The van der Waals surface area contributed by atoms with Crippen LogP contribution < -0.4 is 10.8 Å². The molecule has 3 rings (SSSR count). The van der Waals surface area contributed by atoms with E-state index in [0.29, 0.717) is 22.8 Å². The minimum atomic E-state index is -3.69. The molecule has 0 saturated carbocycles. The van der Waals surface area contributed by atoms with Gasteiger partial charge in [0.25, 0.3) is 0 Å². The van der Waals surface area contributed by atoms with Crippen LogP contribution in [0, 0.1) is 12.7 Å². The maximum Gasteiger partial charge on any atom is 0.301 e. The van der Waals surface area contributed by atoms with E-state index in [1.54, 1.807) is 13.1 Å². The zero-order valence-corrected chi connectivity index (χ0v) is 19.0. The van der Waals surface area contributed by atoms with Crippen LogP contribution in [0.15, 0.2) is 30.5 Å². The first kappa shape index (κ1) is 23.4. The molecule has 1 aromatic carbocycles. The Balaban J connectivity index is 1.97. The van der Waals surface area contributed by atoms with Crippen LogP contribution in [-0.2, 0) is 12.5 Å². The van der Waals surface area contributed by atoms with Gasteiger partial charge in [0, 0.05) is 17.5 Å². The molecular formula is C22H26F3N4OP. The van der Waals surface area contributed by atoms with E-state index in [1.165, 1.54) is 12.1 Å². The summed E-state index contributed by atoms with van der Waals surface area (Å²) in [5.74, 6) is -3.73. The molecule has 3 aromatic rings. The van der Waals surface area contributed by atoms with E-state index in [1.807, 2.05) is 6.07 Å². The maximum atomic E-state index is 14.8. The molecule has 0 saturated heterocycles. The summed E-state index contributed by atoms with van der Waals surface area (Å²) >= 11 is 0. The Morgan fingerprint density at radius 1 is 1.19 bits per heavy atom. The summed E-state index contributed by atoms with van der Waals surface area (Å²) in [7, 11) is -0.471. The molecule has 9 heteroatoms. The lowest BCUT2D eigenvalue weighted by molar-refractivity contribution is -0.108. The first-order chi connectivity index (χ1) is 14.5. The third-order valence-electron chi connectivity index (χ3n) is 5.22. The van der Waals surface area contributed by atoms with Crippen molar-refractivity contribution in [2.45, 2.75) is 51.9 Å². The number of aliphatic hydroxyl groups excluding tert-OH is 1. The number of aryl methyl sites for hydroxylation is 1. The average Bonchev–Trinajstić information content (AvgIpc) is 2.71. The van der Waals surface area contributed by atoms with Gasteiger partial charge >= 0.3 is 5.92 Å². The van der Waals surface area contributed by atoms with E-state index in [2.05, 4.69) is 40.8 Å². The smallest absolute Gasteiger partial charge is 0.301 e. The molecule has 31 heavy (non-hydrogen) atoms. The van der Waals surface area contributed by atoms with E-state index in [4.69, 9.17) is 0 Å². The van der Waals surface area contributed by atoms with Gasteiger partial charge in [-0.2, -0.15) is 8.78 Å². The number of fused-ring (bicyclic) bond motifs is 1. The highest BCUT2D eigenvalue weighted by Crippen LogP contribution is 2.36. The van der Waals surface area contributed by atoms with Crippen molar-refractivity contribution in [1.82, 2.24) is 15.0 Å². The fourth-order valence-electron chi connectivity index (χ4n) is 3.11. The first-order valence-corrected chi connectivity index (χ1v) is 11.8. The second kappa shape index (κ2) is 9.05. The molecule has 166 valence electrons. The van der Waals surface area contributed by atoms with Crippen molar-refractivity contribution in [3.8, 4) is 0 Å². The van der Waals surface area contributed by atoms with E-state index >= 15 is 0 Å². The van der Waals surface area contributed by atoms with Gasteiger partial charge in [0.05, 0.1) is 22.7 Å². The Labute approximate surface area is 180 Å². The summed E-state index contributed by atoms with van der Waals surface area (Å²) in [5.41, 5.74) is 1.29. The van der Waals surface area contributed by atoms with E-state index in [0.717, 1.165) is 23.8 Å². The molecule has 0 bridgehead atoms. The lowest BCUT2D eigenvalue weighted by atomic mass is 10.0. The maximum absolute atomic E-state index is 14.8. The summed E-state index contributed by atoms with van der Waals surface area (Å²) in [4.78, 5) is 13.4. The van der Waals surface area contributed by atoms with Gasteiger partial charge in [-0.25, -0.2) is 14.4 Å². The third-order valence-corrected chi connectivity index (χ3v) is 7.74. The molecule has 2 heterocycles. The molecule has 2 aromatic heterocycles. The summed E-state index contributed by atoms with van der Waals surface area (Å²) < 4.78 is 43.2. The number of alkyl halides is 2. The number of rotatable bonds is 7. The Kier molecular flexibility index (Phi) is 6.82. The SMILES string of the molecule is Cc1nc(NCc2cccc(C(F)(F)C(C)O)c2F)c2cc(P(C)C(C)C)ncc2n1. The highest BCUT2D eigenvalue weighted by Gasteiger charge is 2.40. The van der Waals surface area contributed by atoms with Crippen molar-refractivity contribution in [2.75, 3.05) is 12.0 Å². The van der Waals surface area contributed by atoms with Crippen molar-refractivity contribution in [3.05, 3.63) is 53.2 Å². The highest BCUT2D eigenvalue weighted by atomic mass is 31.1. The van der Waals surface area contributed by atoms with Crippen LogP contribution in [0.1, 0.15) is 37.7 Å². The average molecular weight is 450 g/mol. The van der Waals surface area contributed by atoms with Crippen molar-refractivity contribution in [3.63, 3.8) is 0 Å². The van der Waals surface area contributed by atoms with Crippen molar-refractivity contribution in [1.29, 1.82) is 0 Å². The van der Waals surface area contributed by atoms with Gasteiger partial charge in [0.2, 0.25) is 0 Å². The van der Waals surface area contributed by atoms with E-state index < -0.39 is 31.3 Å². The second-order valence-electron chi connectivity index (χ2n) is 7.81. The molecule has 0 aliphatic heterocycles. The molecule has 0 radical (unpaired) electrons. The van der Waals surface area contributed by atoms with Crippen LogP contribution in [0.4, 0.5) is 19.0 Å². The van der Waals surface area contributed by atoms with Gasteiger partial charge in [-0.15, -0.1) is 0 Å². The van der Waals surface area contributed by atoms with Gasteiger partial charge in [0.1, 0.15) is 23.6 Å². The van der Waals surface area contributed by atoms with Crippen molar-refractivity contribution in [2.24, 2.45) is 0 Å². The standard InChI is InChI=1S/C22H26F3N4OP/c1-12(2)31(5)19-9-16-18(11-26-19)28-14(4)29-21(16)27-10-15-7-6-8-17(20(15)23)22(24,25)13(3)30/h6-9,11-13,30H,10H2,1-5H3,(H,27,28,29). The first-order valence-electron chi connectivity index (χ1n) is 9.97. The third kappa shape index (κ3) is 4.80. The predicted octanol–water partition coefficient (Wildman–Crippen LogP) is 4.70. The number of aliphatic hydroxyl groups is 1. The molecule has 0 aliphatic carbocycles. The number of nitrogens with zero attached hydrogens (tertiary/aromatic N) is 3. The summed E-state index contributed by atoms with van der Waals surface area (Å²) in [6, 6.07) is 5.71. The van der Waals surface area contributed by atoms with E-state index in [9.17, 15) is 18.3 Å². The second-order valence-corrected chi connectivity index (χ2v) is 10.5. The van der Waals surface area contributed by atoms with Crippen LogP contribution in [0.25, 0.3) is 10.9 Å². The van der Waals surface area contributed by atoms with Crippen LogP contribution in [0.3, 0.4) is 0 Å². The summed E-state index contributed by atoms with van der Waals surface area (Å²) in [6.07, 6.45) is -0.301. The van der Waals surface area contributed by atoms with Gasteiger partial charge < -0.3 is 10.4 Å². The largest absolute Gasteiger partial charge is 0.387 e. The normalized spacial score (nSPS) is 14.1. The Bertz CT molecular complexity index is 1090. The van der Waals surface area contributed by atoms with Gasteiger partial charge in [0.15, 0.2) is 0 Å². The zero-order valence-electron chi connectivity index (χ0n) is 18.1. The number of hydrogen-bond acceptors (Lipinski definition) is 5. The Morgan fingerprint density at radius 2 is 1.90 bits per heavy atom. The minimum absolute atomic E-state index is 0.0517. The molecule has 2 N–H and O–H groups in total. The van der Waals surface area contributed by atoms with Crippen LogP contribution >= 0.6 is 7.92 Å². The van der Waals surface area contributed by atoms with Gasteiger partial charge in [-0.3, -0.25) is 4.98 Å². The summed E-state index contributed by atoms with van der Waals surface area (Å²) in [5, 5.41) is 13.2. The van der Waals surface area contributed by atoms with Gasteiger partial charge in [-0.05, 0) is 38.3 Å². The van der Waals surface area contributed by atoms with Crippen LogP contribution in [0.2, 0.25) is 0 Å². The van der Waals surface area contributed by atoms with E-state index in [-0.39, 0.29) is 12.1 Å². The fourth-order valence-corrected chi connectivity index (χ4v) is 4.21. The molecule has 0 spiro atoms. The quantitative estimate of drug-likeness (QED) is 0.511. The Hall–Kier alpha value is -2.31. The lowest BCUT2D eigenvalue weighted by Crippen LogP contribution is -2.29. The number of aromatic nitrogens is 3. The summed E-state index contributed by atoms with van der Waals surface area (Å²) in [6.45, 7) is 9.06. The van der Waals surface area contributed by atoms with Crippen molar-refractivity contribution >= 4 is 30.1 Å². The lowest BCUT2D eigenvalue weighted by Gasteiger charge is -2.21. The van der Waals surface area contributed by atoms with Gasteiger partial charge in [-0.1, -0.05) is 33.9 Å². The molecule has 5 nitrogen and oxygen atoms in total. The molecule has 0 amide bonds. The van der Waals surface area contributed by atoms with Crippen LogP contribution in [-0.4, -0.2) is 38.5 Å². The predicted molar refractivity (Wildman–Crippen MR) is 119 cm³/mol. The number of anilines is 1. The highest BCUT2D eigenvalue weighted by molar-refractivity contribution is 7.65. The monoisotopic (exact) mass is 450 g/mol. The number of nitrogens with one attached hydrogen (secondary N) is 1. The minimum Gasteiger partial charge on any atom is -0.387 e. The van der Waals surface area contributed by atoms with Crippen LogP contribution in [0.5, 0.6) is 0 Å². The number of halogens is 3.